The van der Waals surface area contributed by atoms with Crippen LogP contribution < -0.4 is 9.47 Å². The van der Waals surface area contributed by atoms with E-state index >= 15 is 0 Å². The highest BCUT2D eigenvalue weighted by molar-refractivity contribution is 7.89. The molecule has 0 unspecified atom stereocenters. The largest absolute Gasteiger partial charge is 0.505 e. The van der Waals surface area contributed by atoms with Gasteiger partial charge in [-0.3, -0.25) is 0 Å². The Bertz CT molecular complexity index is 1350. The van der Waals surface area contributed by atoms with Gasteiger partial charge in [-0.25, -0.2) is 13.2 Å². The molecule has 0 amide bonds. The molecule has 3 rings (SSSR count). The predicted octanol–water partition coefficient (Wildman–Crippen LogP) is 4.94. The zero-order chi connectivity index (χ0) is 26.5. The summed E-state index contributed by atoms with van der Waals surface area (Å²) >= 11 is 12.0. The molecular formula is C25H25Cl2NO7S. The number of hydrogen-bond donors (Lipinski definition) is 1. The van der Waals surface area contributed by atoms with E-state index < -0.39 is 26.6 Å². The Labute approximate surface area is 220 Å². The quantitative estimate of drug-likeness (QED) is 0.355. The van der Waals surface area contributed by atoms with Crippen molar-refractivity contribution in [2.24, 2.45) is 0 Å². The minimum atomic E-state index is -4.24. The summed E-state index contributed by atoms with van der Waals surface area (Å²) < 4.78 is 43.8. The van der Waals surface area contributed by atoms with E-state index in [1.807, 2.05) is 6.07 Å². The Morgan fingerprint density at radius 3 is 2.17 bits per heavy atom. The average molecular weight is 554 g/mol. The number of halogens is 2. The van der Waals surface area contributed by atoms with E-state index in [-0.39, 0.29) is 23.1 Å². The third-order valence-corrected chi connectivity index (χ3v) is 7.81. The van der Waals surface area contributed by atoms with Gasteiger partial charge < -0.3 is 19.3 Å². The lowest BCUT2D eigenvalue weighted by Crippen LogP contribution is -2.32. The van der Waals surface area contributed by atoms with E-state index in [9.17, 15) is 18.3 Å². The highest BCUT2D eigenvalue weighted by Gasteiger charge is 2.29. The summed E-state index contributed by atoms with van der Waals surface area (Å²) in [6.45, 7) is 0.0147. The first kappa shape index (κ1) is 27.6. The summed E-state index contributed by atoms with van der Waals surface area (Å²) in [7, 11) is 0.0848. The number of hydrogen-bond acceptors (Lipinski definition) is 7. The van der Waals surface area contributed by atoms with Crippen molar-refractivity contribution in [1.29, 1.82) is 0 Å². The molecule has 0 aliphatic rings. The minimum absolute atomic E-state index is 0.0410. The van der Waals surface area contributed by atoms with Gasteiger partial charge in [0.25, 0.3) is 0 Å². The summed E-state index contributed by atoms with van der Waals surface area (Å²) in [4.78, 5) is 11.3. The summed E-state index contributed by atoms with van der Waals surface area (Å²) in [6, 6.07) is 14.1. The summed E-state index contributed by atoms with van der Waals surface area (Å²) in [6.07, 6.45) is 0.328. The SMILES string of the molecule is COC(=O)c1ccc(CN(CCc2ccc(OC)c(OC)c2)S(=O)(=O)c2cc(Cl)cc(Cl)c2O)cc1. The van der Waals surface area contributed by atoms with Crippen LogP contribution in [0.4, 0.5) is 0 Å². The molecule has 0 heterocycles. The van der Waals surface area contributed by atoms with Crippen LogP contribution in [0.5, 0.6) is 17.2 Å². The Morgan fingerprint density at radius 2 is 1.56 bits per heavy atom. The van der Waals surface area contributed by atoms with Crippen molar-refractivity contribution in [2.45, 2.75) is 17.9 Å². The molecule has 0 spiro atoms. The maximum atomic E-state index is 13.7. The van der Waals surface area contributed by atoms with Gasteiger partial charge in [0.05, 0.1) is 31.9 Å². The molecule has 0 aromatic heterocycles. The van der Waals surface area contributed by atoms with Gasteiger partial charge in [0, 0.05) is 18.1 Å². The lowest BCUT2D eigenvalue weighted by Gasteiger charge is -2.23. The molecule has 0 bridgehead atoms. The molecule has 0 radical (unpaired) electrons. The van der Waals surface area contributed by atoms with E-state index in [0.29, 0.717) is 29.0 Å². The molecule has 0 saturated carbocycles. The number of nitrogens with zero attached hydrogens (tertiary/aromatic N) is 1. The molecule has 3 aromatic rings. The van der Waals surface area contributed by atoms with Crippen molar-refractivity contribution in [3.8, 4) is 17.2 Å². The molecule has 192 valence electrons. The van der Waals surface area contributed by atoms with Gasteiger partial charge in [-0.2, -0.15) is 4.31 Å². The number of aromatic hydroxyl groups is 1. The van der Waals surface area contributed by atoms with Crippen LogP contribution in [0.1, 0.15) is 21.5 Å². The Hall–Kier alpha value is -2.98. The molecule has 1 N–H and O–H groups in total. The molecular weight excluding hydrogens is 529 g/mol. The number of rotatable bonds is 10. The molecule has 0 atom stereocenters. The standard InChI is InChI=1S/C25H25Cl2NO7S/c1-33-21-9-6-16(12-22(21)34-2)10-11-28(15-17-4-7-18(8-5-17)25(30)35-3)36(31,32)23-14-19(26)13-20(27)24(23)29/h4-9,12-14,29H,10-11,15H2,1-3H3. The molecule has 0 fully saturated rings. The fourth-order valence-corrected chi connectivity index (χ4v) is 5.69. The highest BCUT2D eigenvalue weighted by atomic mass is 35.5. The van der Waals surface area contributed by atoms with Gasteiger partial charge in [-0.1, -0.05) is 41.4 Å². The van der Waals surface area contributed by atoms with Crippen LogP contribution in [0.15, 0.2) is 59.5 Å². The molecule has 0 aliphatic carbocycles. The van der Waals surface area contributed by atoms with Gasteiger partial charge in [0.2, 0.25) is 10.0 Å². The van der Waals surface area contributed by atoms with Crippen LogP contribution in [-0.2, 0) is 27.7 Å². The Kier molecular flexibility index (Phi) is 9.08. The third-order valence-electron chi connectivity index (χ3n) is 5.44. The summed E-state index contributed by atoms with van der Waals surface area (Å²) in [5, 5.41) is 10.3. The molecule has 36 heavy (non-hydrogen) atoms. The number of sulfonamides is 1. The number of benzene rings is 3. The summed E-state index contributed by atoms with van der Waals surface area (Å²) in [5.41, 5.74) is 1.76. The normalized spacial score (nSPS) is 11.4. The number of methoxy groups -OCH3 is 3. The van der Waals surface area contributed by atoms with Crippen molar-refractivity contribution in [1.82, 2.24) is 4.31 Å². The van der Waals surface area contributed by atoms with Gasteiger partial charge in [-0.05, 0) is 53.9 Å². The van der Waals surface area contributed by atoms with Crippen molar-refractivity contribution in [2.75, 3.05) is 27.9 Å². The lowest BCUT2D eigenvalue weighted by atomic mass is 10.1. The van der Waals surface area contributed by atoms with Gasteiger partial charge in [0.1, 0.15) is 4.90 Å². The number of carbonyl (C=O) groups is 1. The molecule has 8 nitrogen and oxygen atoms in total. The van der Waals surface area contributed by atoms with Crippen LogP contribution in [-0.4, -0.2) is 51.7 Å². The van der Waals surface area contributed by atoms with Crippen LogP contribution in [0.3, 0.4) is 0 Å². The number of phenols is 1. The molecule has 3 aromatic carbocycles. The summed E-state index contributed by atoms with van der Waals surface area (Å²) in [5.74, 6) is -0.0202. The van der Waals surface area contributed by atoms with Crippen molar-refractivity contribution in [3.05, 3.63) is 81.3 Å². The average Bonchev–Trinajstić information content (AvgIpc) is 2.88. The first-order valence-electron chi connectivity index (χ1n) is 10.7. The van der Waals surface area contributed by atoms with Crippen molar-refractivity contribution in [3.63, 3.8) is 0 Å². The van der Waals surface area contributed by atoms with E-state index in [1.54, 1.807) is 36.4 Å². The Balaban J connectivity index is 1.97. The second-order valence-electron chi connectivity index (χ2n) is 7.70. The second-order valence-corrected chi connectivity index (χ2v) is 10.5. The van der Waals surface area contributed by atoms with Crippen LogP contribution in [0, 0.1) is 0 Å². The second kappa shape index (κ2) is 11.8. The zero-order valence-electron chi connectivity index (χ0n) is 19.8. The molecule has 0 saturated heterocycles. The maximum Gasteiger partial charge on any atom is 0.337 e. The fourth-order valence-electron chi connectivity index (χ4n) is 3.52. The number of phenolic OH excluding ortho intramolecular Hbond substituents is 1. The number of ether oxygens (including phenoxy) is 3. The van der Waals surface area contributed by atoms with Crippen LogP contribution in [0.25, 0.3) is 0 Å². The van der Waals surface area contributed by atoms with E-state index in [1.165, 1.54) is 31.7 Å². The highest BCUT2D eigenvalue weighted by Crippen LogP contribution is 2.36. The molecule has 0 aliphatic heterocycles. The number of carbonyl (C=O) groups excluding carboxylic acids is 1. The monoisotopic (exact) mass is 553 g/mol. The molecule has 11 heteroatoms. The van der Waals surface area contributed by atoms with Crippen molar-refractivity contribution < 1.29 is 32.5 Å². The maximum absolute atomic E-state index is 13.7. The van der Waals surface area contributed by atoms with Crippen LogP contribution in [0.2, 0.25) is 10.0 Å². The van der Waals surface area contributed by atoms with Crippen molar-refractivity contribution >= 4 is 39.2 Å². The van der Waals surface area contributed by atoms with E-state index in [0.717, 1.165) is 11.6 Å². The third kappa shape index (κ3) is 6.22. The fraction of sp³-hybridized carbons (Fsp3) is 0.240. The van der Waals surface area contributed by atoms with E-state index in [4.69, 9.17) is 37.4 Å². The first-order chi connectivity index (χ1) is 17.1. The van der Waals surface area contributed by atoms with Gasteiger partial charge in [0.15, 0.2) is 17.2 Å². The minimum Gasteiger partial charge on any atom is -0.505 e. The first-order valence-corrected chi connectivity index (χ1v) is 12.9. The van der Waals surface area contributed by atoms with Crippen LogP contribution >= 0.6 is 23.2 Å². The van der Waals surface area contributed by atoms with Gasteiger partial charge >= 0.3 is 5.97 Å². The zero-order valence-corrected chi connectivity index (χ0v) is 22.2. The Morgan fingerprint density at radius 1 is 0.917 bits per heavy atom. The predicted molar refractivity (Wildman–Crippen MR) is 137 cm³/mol. The number of esters is 1. The topological polar surface area (TPSA) is 102 Å². The van der Waals surface area contributed by atoms with E-state index in [2.05, 4.69) is 0 Å². The lowest BCUT2D eigenvalue weighted by molar-refractivity contribution is 0.0600. The van der Waals surface area contributed by atoms with Gasteiger partial charge in [-0.15, -0.1) is 0 Å². The smallest absolute Gasteiger partial charge is 0.337 e.